The molecule has 2 aromatic carbocycles. The van der Waals surface area contributed by atoms with E-state index in [1.807, 2.05) is 12.1 Å². The maximum absolute atomic E-state index is 10.7. The lowest BCUT2D eigenvalue weighted by atomic mass is 9.77. The van der Waals surface area contributed by atoms with Crippen LogP contribution >= 0.6 is 11.6 Å². The molecule has 0 amide bonds. The highest BCUT2D eigenvalue weighted by molar-refractivity contribution is 6.33. The van der Waals surface area contributed by atoms with Gasteiger partial charge in [-0.2, -0.15) is 0 Å². The van der Waals surface area contributed by atoms with Gasteiger partial charge >= 0.3 is 5.97 Å². The minimum atomic E-state index is -0.969. The first kappa shape index (κ1) is 20.4. The number of hydrogen-bond acceptors (Lipinski definition) is 1. The molecule has 1 fully saturated rings. The Kier molecular flexibility index (Phi) is 6.74. The van der Waals surface area contributed by atoms with Crippen LogP contribution in [0.2, 0.25) is 5.02 Å². The summed E-state index contributed by atoms with van der Waals surface area (Å²) in [4.78, 5) is 10.7. The van der Waals surface area contributed by atoms with Gasteiger partial charge in [-0.15, -0.1) is 0 Å². The number of aliphatic carboxylic acids is 1. The van der Waals surface area contributed by atoms with E-state index in [0.717, 1.165) is 41.0 Å². The third kappa shape index (κ3) is 5.59. The van der Waals surface area contributed by atoms with E-state index in [1.54, 1.807) is 12.1 Å². The highest BCUT2D eigenvalue weighted by atomic mass is 35.5. The first-order valence-corrected chi connectivity index (χ1v) is 10.2. The van der Waals surface area contributed by atoms with Crippen LogP contribution in [0.1, 0.15) is 43.7 Å². The van der Waals surface area contributed by atoms with E-state index in [9.17, 15) is 4.79 Å². The molecule has 3 heteroatoms. The van der Waals surface area contributed by atoms with Crippen molar-refractivity contribution in [2.45, 2.75) is 39.0 Å². The topological polar surface area (TPSA) is 37.3 Å². The minimum Gasteiger partial charge on any atom is -0.478 e. The van der Waals surface area contributed by atoms with Crippen LogP contribution in [0, 0.1) is 11.8 Å². The van der Waals surface area contributed by atoms with Crippen molar-refractivity contribution >= 4 is 23.6 Å². The summed E-state index contributed by atoms with van der Waals surface area (Å²) in [5, 5.41) is 9.38. The molecule has 3 rings (SSSR count). The molecule has 0 spiro atoms. The number of halogens is 1. The summed E-state index contributed by atoms with van der Waals surface area (Å²) in [5.74, 6) is 0.526. The second kappa shape index (κ2) is 9.25. The van der Waals surface area contributed by atoms with E-state index in [1.165, 1.54) is 36.8 Å². The van der Waals surface area contributed by atoms with Crippen molar-refractivity contribution in [3.8, 4) is 11.1 Å². The molecule has 2 nitrogen and oxygen atoms in total. The molecule has 0 heterocycles. The molecule has 1 aliphatic carbocycles. The van der Waals surface area contributed by atoms with Gasteiger partial charge in [0, 0.05) is 16.7 Å². The van der Waals surface area contributed by atoms with Crippen molar-refractivity contribution in [1.29, 1.82) is 0 Å². The Hall–Kier alpha value is -2.32. The number of benzene rings is 2. The average molecular weight is 395 g/mol. The number of rotatable bonds is 6. The molecule has 1 N–H and O–H groups in total. The molecule has 2 unspecified atom stereocenters. The molecule has 1 aliphatic rings. The maximum atomic E-state index is 10.7. The van der Waals surface area contributed by atoms with Gasteiger partial charge in [0.25, 0.3) is 0 Å². The lowest BCUT2D eigenvalue weighted by Crippen LogP contribution is -2.15. The molecule has 0 saturated heterocycles. The van der Waals surface area contributed by atoms with Crippen molar-refractivity contribution in [2.24, 2.45) is 11.8 Å². The van der Waals surface area contributed by atoms with Gasteiger partial charge in [-0.25, -0.2) is 4.79 Å². The fraction of sp³-hybridized carbons (Fsp3) is 0.320. The summed E-state index contributed by atoms with van der Waals surface area (Å²) in [6, 6.07) is 14.2. The van der Waals surface area contributed by atoms with Crippen molar-refractivity contribution < 1.29 is 9.90 Å². The zero-order valence-corrected chi connectivity index (χ0v) is 17.1. The second-order valence-corrected chi connectivity index (χ2v) is 8.42. The van der Waals surface area contributed by atoms with Gasteiger partial charge in [0.1, 0.15) is 0 Å². The van der Waals surface area contributed by atoms with Gasteiger partial charge in [0.15, 0.2) is 0 Å². The zero-order valence-electron chi connectivity index (χ0n) is 16.3. The third-order valence-corrected chi connectivity index (χ3v) is 5.75. The van der Waals surface area contributed by atoms with Crippen LogP contribution in [0.25, 0.3) is 17.2 Å². The molecular weight excluding hydrogens is 368 g/mol. The Balaban J connectivity index is 1.71. The number of allylic oxidation sites excluding steroid dienone is 1. The zero-order chi connectivity index (χ0) is 20.1. The van der Waals surface area contributed by atoms with Crippen molar-refractivity contribution in [2.75, 3.05) is 0 Å². The van der Waals surface area contributed by atoms with Gasteiger partial charge in [-0.1, -0.05) is 67.1 Å². The fourth-order valence-electron chi connectivity index (χ4n) is 4.24. The van der Waals surface area contributed by atoms with Gasteiger partial charge < -0.3 is 5.11 Å². The highest BCUT2D eigenvalue weighted by Crippen LogP contribution is 2.35. The van der Waals surface area contributed by atoms with Crippen LogP contribution < -0.4 is 0 Å². The van der Waals surface area contributed by atoms with E-state index in [4.69, 9.17) is 16.7 Å². The van der Waals surface area contributed by atoms with E-state index in [0.29, 0.717) is 5.02 Å². The normalized spacial score (nSPS) is 19.9. The summed E-state index contributed by atoms with van der Waals surface area (Å²) in [7, 11) is 0. The fourth-order valence-corrected chi connectivity index (χ4v) is 4.54. The Morgan fingerprint density at radius 3 is 2.79 bits per heavy atom. The molecule has 146 valence electrons. The molecule has 0 radical (unpaired) electrons. The highest BCUT2D eigenvalue weighted by Gasteiger charge is 2.21. The Bertz CT molecular complexity index is 897. The molecular formula is C25H27ClO2. The molecule has 1 saturated carbocycles. The third-order valence-electron chi connectivity index (χ3n) is 5.44. The Morgan fingerprint density at radius 2 is 2.07 bits per heavy atom. The number of carboxylic acid groups (broad SMARTS) is 1. The quantitative estimate of drug-likeness (QED) is 0.421. The average Bonchev–Trinajstić information content (AvgIpc) is 2.64. The minimum absolute atomic E-state index is 0.627. The molecule has 2 atom stereocenters. The van der Waals surface area contributed by atoms with E-state index >= 15 is 0 Å². The summed E-state index contributed by atoms with van der Waals surface area (Å²) in [5.41, 5.74) is 5.57. The van der Waals surface area contributed by atoms with Gasteiger partial charge in [-0.05, 0) is 72.8 Å². The van der Waals surface area contributed by atoms with Crippen molar-refractivity contribution in [3.63, 3.8) is 0 Å². The molecule has 0 bridgehead atoms. The predicted molar refractivity (Wildman–Crippen MR) is 118 cm³/mol. The van der Waals surface area contributed by atoms with Crippen LogP contribution in [0.4, 0.5) is 0 Å². The van der Waals surface area contributed by atoms with Crippen LogP contribution in [0.5, 0.6) is 0 Å². The Morgan fingerprint density at radius 1 is 1.25 bits per heavy atom. The number of carboxylic acids is 1. The molecule has 0 aromatic heterocycles. The largest absolute Gasteiger partial charge is 0.478 e. The smallest absolute Gasteiger partial charge is 0.328 e. The first-order valence-electron chi connectivity index (χ1n) is 9.87. The first-order chi connectivity index (χ1) is 13.4. The van der Waals surface area contributed by atoms with Gasteiger partial charge in [-0.3, -0.25) is 0 Å². The van der Waals surface area contributed by atoms with E-state index in [2.05, 4.69) is 37.8 Å². The number of aryl methyl sites for hydroxylation is 1. The standard InChI is InChI=1S/C25H27ClO2/c1-17-12-18(2)14-21(13-17)7-6-19-4-3-5-22(15-19)23-10-8-20(16-24(23)26)9-11-25(27)28/h3-5,8-11,15-16,18,21H,1,6-7,12-14H2,2H3,(H,27,28)/b11-9+. The SMILES string of the molecule is C=C1CC(C)CC(CCc2cccc(-c3ccc(/C=C/C(=O)O)cc3Cl)c2)C1. The Labute approximate surface area is 172 Å². The molecule has 2 aromatic rings. The van der Waals surface area contributed by atoms with Crippen LogP contribution in [-0.2, 0) is 11.2 Å². The summed E-state index contributed by atoms with van der Waals surface area (Å²) < 4.78 is 0. The number of hydrogen-bond donors (Lipinski definition) is 1. The van der Waals surface area contributed by atoms with Gasteiger partial charge in [0.2, 0.25) is 0 Å². The lowest BCUT2D eigenvalue weighted by Gasteiger charge is -2.28. The van der Waals surface area contributed by atoms with E-state index < -0.39 is 5.97 Å². The predicted octanol–water partition coefficient (Wildman–Crippen LogP) is 7.03. The van der Waals surface area contributed by atoms with E-state index in [-0.39, 0.29) is 0 Å². The van der Waals surface area contributed by atoms with Crippen LogP contribution in [0.15, 0.2) is 60.7 Å². The molecule has 28 heavy (non-hydrogen) atoms. The summed E-state index contributed by atoms with van der Waals surface area (Å²) in [6.07, 6.45) is 8.58. The van der Waals surface area contributed by atoms with Crippen LogP contribution in [-0.4, -0.2) is 11.1 Å². The monoisotopic (exact) mass is 394 g/mol. The summed E-state index contributed by atoms with van der Waals surface area (Å²) >= 11 is 6.47. The number of carbonyl (C=O) groups is 1. The maximum Gasteiger partial charge on any atom is 0.328 e. The van der Waals surface area contributed by atoms with Crippen molar-refractivity contribution in [1.82, 2.24) is 0 Å². The second-order valence-electron chi connectivity index (χ2n) is 8.02. The van der Waals surface area contributed by atoms with Crippen molar-refractivity contribution in [3.05, 3.63) is 76.8 Å². The van der Waals surface area contributed by atoms with Crippen LogP contribution in [0.3, 0.4) is 0 Å². The summed E-state index contributed by atoms with van der Waals surface area (Å²) in [6.45, 7) is 6.54. The van der Waals surface area contributed by atoms with Gasteiger partial charge in [0.05, 0.1) is 0 Å². The lowest BCUT2D eigenvalue weighted by molar-refractivity contribution is -0.131. The molecule has 0 aliphatic heterocycles.